The second-order valence-electron chi connectivity index (χ2n) is 6.15. The number of ether oxygens (including phenoxy) is 1. The first-order valence-electron chi connectivity index (χ1n) is 7.64. The third-order valence-corrected chi connectivity index (χ3v) is 6.35. The summed E-state index contributed by atoms with van der Waals surface area (Å²) in [4.78, 5) is 15.4. The van der Waals surface area contributed by atoms with Crippen LogP contribution in [0.4, 0.5) is 19.0 Å². The van der Waals surface area contributed by atoms with E-state index >= 15 is 4.39 Å². The van der Waals surface area contributed by atoms with Crippen LogP contribution in [0, 0.1) is 0 Å². The Labute approximate surface area is 151 Å². The van der Waals surface area contributed by atoms with Crippen molar-refractivity contribution in [1.29, 1.82) is 0 Å². The normalized spacial score (nSPS) is 37.3. The first-order chi connectivity index (χ1) is 12.1. The molecule has 0 radical (unpaired) electrons. The Kier molecular flexibility index (Phi) is 5.19. The Bertz CT molecular complexity index is 797. The second kappa shape index (κ2) is 6.84. The van der Waals surface area contributed by atoms with Gasteiger partial charge in [0.2, 0.25) is 0 Å². The lowest BCUT2D eigenvalue weighted by Gasteiger charge is -2.41. The standard InChI is InChI=1S/C13H17F3N3O5PS/c1-6(2)23-25(26)21-5-13(11(15)16)9(24-25)8(14)10(22-13)19-4-3-7(17)18-12(19)20/h3-4,6,8-11H,5H2,1-2H3,(H2,17,18,20)/t8-,9+,10-,13-,25?/m1/s1. The molecule has 5 atom stereocenters. The summed E-state index contributed by atoms with van der Waals surface area (Å²) in [5, 5.41) is 0. The highest BCUT2D eigenvalue weighted by atomic mass is 32.5. The van der Waals surface area contributed by atoms with Gasteiger partial charge in [-0.1, -0.05) is 0 Å². The van der Waals surface area contributed by atoms with Crippen LogP contribution < -0.4 is 11.4 Å². The van der Waals surface area contributed by atoms with Gasteiger partial charge in [-0.15, -0.1) is 0 Å². The number of aromatic nitrogens is 2. The Morgan fingerprint density at radius 2 is 2.23 bits per heavy atom. The van der Waals surface area contributed by atoms with Gasteiger partial charge in [-0.25, -0.2) is 18.0 Å². The largest absolute Gasteiger partial charge is 0.383 e. The zero-order chi connectivity index (χ0) is 19.3. The van der Waals surface area contributed by atoms with Crippen LogP contribution in [0.2, 0.25) is 0 Å². The molecule has 13 heteroatoms. The molecule has 0 spiro atoms. The van der Waals surface area contributed by atoms with Crippen LogP contribution in [0.25, 0.3) is 0 Å². The van der Waals surface area contributed by atoms with Gasteiger partial charge in [-0.2, -0.15) is 4.98 Å². The SMILES string of the molecule is CC(C)OP1(=S)OC[C@@]2(C(F)F)O[C@@H](n3ccc(N)nc3=O)[C@H](F)[C@@H]2O1. The predicted octanol–water partition coefficient (Wildman–Crippen LogP) is 1.76. The molecule has 3 heterocycles. The smallest absolute Gasteiger partial charge is 0.351 e. The molecule has 2 aliphatic rings. The number of rotatable bonds is 4. The Morgan fingerprint density at radius 3 is 2.81 bits per heavy atom. The number of alkyl halides is 3. The molecule has 2 N–H and O–H groups in total. The van der Waals surface area contributed by atoms with E-state index in [2.05, 4.69) is 4.98 Å². The van der Waals surface area contributed by atoms with Crippen LogP contribution in [0.3, 0.4) is 0 Å². The number of nitrogen functional groups attached to an aromatic ring is 1. The molecule has 146 valence electrons. The maximum atomic E-state index is 15.0. The number of anilines is 1. The minimum Gasteiger partial charge on any atom is -0.383 e. The van der Waals surface area contributed by atoms with Crippen molar-refractivity contribution in [3.05, 3.63) is 22.7 Å². The average molecular weight is 415 g/mol. The van der Waals surface area contributed by atoms with Crippen LogP contribution in [0.1, 0.15) is 20.1 Å². The van der Waals surface area contributed by atoms with Gasteiger partial charge in [-0.05, 0) is 31.7 Å². The van der Waals surface area contributed by atoms with E-state index in [0.717, 1.165) is 10.8 Å². The lowest BCUT2D eigenvalue weighted by Crippen LogP contribution is -2.55. The van der Waals surface area contributed by atoms with E-state index in [0.29, 0.717) is 0 Å². The molecule has 3 rings (SSSR count). The number of fused-ring (bicyclic) bond motifs is 1. The summed E-state index contributed by atoms with van der Waals surface area (Å²) in [6, 6.07) is 1.22. The molecule has 2 fully saturated rings. The van der Waals surface area contributed by atoms with E-state index < -0.39 is 55.6 Å². The average Bonchev–Trinajstić information content (AvgIpc) is 2.80. The van der Waals surface area contributed by atoms with Crippen molar-refractivity contribution in [2.75, 3.05) is 12.3 Å². The summed E-state index contributed by atoms with van der Waals surface area (Å²) in [6.45, 7) is -0.871. The molecule has 8 nitrogen and oxygen atoms in total. The lowest BCUT2D eigenvalue weighted by atomic mass is 9.97. The maximum absolute atomic E-state index is 15.0. The van der Waals surface area contributed by atoms with Crippen LogP contribution in [0.15, 0.2) is 17.1 Å². The van der Waals surface area contributed by atoms with Gasteiger partial charge < -0.3 is 19.5 Å². The zero-order valence-corrected chi connectivity index (χ0v) is 15.5. The summed E-state index contributed by atoms with van der Waals surface area (Å²) in [5.41, 5.74) is 2.02. The summed E-state index contributed by atoms with van der Waals surface area (Å²) in [5.74, 6) is -0.0962. The lowest BCUT2D eigenvalue weighted by molar-refractivity contribution is -0.204. The minimum absolute atomic E-state index is 0.0962. The third-order valence-electron chi connectivity index (χ3n) is 3.91. The summed E-state index contributed by atoms with van der Waals surface area (Å²) >= 11 is 5.12. The Morgan fingerprint density at radius 1 is 1.54 bits per heavy atom. The van der Waals surface area contributed by atoms with Gasteiger partial charge >= 0.3 is 12.4 Å². The van der Waals surface area contributed by atoms with Gasteiger partial charge in [0, 0.05) is 6.20 Å². The first kappa shape index (κ1) is 19.7. The Balaban J connectivity index is 1.97. The van der Waals surface area contributed by atoms with Crippen molar-refractivity contribution in [3.63, 3.8) is 0 Å². The summed E-state index contributed by atoms with van der Waals surface area (Å²) in [6.07, 6.45) is -8.06. The molecule has 0 saturated carbocycles. The van der Waals surface area contributed by atoms with Crippen molar-refractivity contribution in [1.82, 2.24) is 9.55 Å². The number of nitrogens with two attached hydrogens (primary N) is 1. The monoisotopic (exact) mass is 415 g/mol. The van der Waals surface area contributed by atoms with E-state index in [1.165, 1.54) is 6.07 Å². The van der Waals surface area contributed by atoms with E-state index in [9.17, 15) is 13.6 Å². The van der Waals surface area contributed by atoms with E-state index in [1.807, 2.05) is 0 Å². The number of hydrogen-bond acceptors (Lipinski definition) is 8. The van der Waals surface area contributed by atoms with Crippen molar-refractivity contribution in [2.45, 2.75) is 50.5 Å². The topological polar surface area (TPSA) is 97.8 Å². The highest BCUT2D eigenvalue weighted by Crippen LogP contribution is 2.61. The van der Waals surface area contributed by atoms with Gasteiger partial charge in [0.1, 0.15) is 11.9 Å². The van der Waals surface area contributed by atoms with Crippen LogP contribution >= 0.6 is 6.72 Å². The third kappa shape index (κ3) is 3.30. The van der Waals surface area contributed by atoms with Gasteiger partial charge in [-0.3, -0.25) is 9.09 Å². The molecule has 0 aliphatic carbocycles. The quantitative estimate of drug-likeness (QED) is 0.743. The van der Waals surface area contributed by atoms with Crippen LogP contribution in [0.5, 0.6) is 0 Å². The fourth-order valence-corrected chi connectivity index (χ4v) is 5.34. The van der Waals surface area contributed by atoms with Crippen LogP contribution in [-0.2, 0) is 30.1 Å². The van der Waals surface area contributed by atoms with Gasteiger partial charge in [0.25, 0.3) is 6.43 Å². The molecular weight excluding hydrogens is 398 g/mol. The predicted molar refractivity (Wildman–Crippen MR) is 88.0 cm³/mol. The molecule has 2 saturated heterocycles. The minimum atomic E-state index is -3.44. The highest BCUT2D eigenvalue weighted by Gasteiger charge is 2.67. The van der Waals surface area contributed by atoms with E-state index in [4.69, 9.17) is 35.8 Å². The maximum Gasteiger partial charge on any atom is 0.351 e. The first-order valence-corrected chi connectivity index (χ1v) is 10.2. The van der Waals surface area contributed by atoms with Crippen molar-refractivity contribution in [3.8, 4) is 0 Å². The Hall–Kier alpha value is -1.04. The van der Waals surface area contributed by atoms with Crippen LogP contribution in [-0.4, -0.2) is 46.6 Å². The van der Waals surface area contributed by atoms with Gasteiger partial charge in [0.05, 0.1) is 12.7 Å². The van der Waals surface area contributed by atoms with Crippen molar-refractivity contribution in [2.24, 2.45) is 0 Å². The van der Waals surface area contributed by atoms with Crippen molar-refractivity contribution < 1.29 is 31.5 Å². The fraction of sp³-hybridized carbons (Fsp3) is 0.692. The molecule has 0 amide bonds. The van der Waals surface area contributed by atoms with Crippen molar-refractivity contribution >= 4 is 24.3 Å². The summed E-state index contributed by atoms with van der Waals surface area (Å²) < 4.78 is 64.5. The molecule has 1 aromatic heterocycles. The van der Waals surface area contributed by atoms with E-state index in [-0.39, 0.29) is 5.82 Å². The molecule has 1 aromatic rings. The molecule has 26 heavy (non-hydrogen) atoms. The van der Waals surface area contributed by atoms with E-state index in [1.54, 1.807) is 13.8 Å². The van der Waals surface area contributed by atoms with Gasteiger partial charge in [0.15, 0.2) is 18.0 Å². The molecular formula is C13H17F3N3O5PS. The second-order valence-corrected chi connectivity index (χ2v) is 9.07. The molecule has 0 aromatic carbocycles. The fourth-order valence-electron chi connectivity index (χ4n) is 2.77. The molecule has 1 unspecified atom stereocenters. The number of hydrogen-bond donors (Lipinski definition) is 1. The highest BCUT2D eigenvalue weighted by molar-refractivity contribution is 8.07. The number of nitrogens with zero attached hydrogens (tertiary/aromatic N) is 2. The molecule has 2 aliphatic heterocycles. The zero-order valence-electron chi connectivity index (χ0n) is 13.8. The molecule has 0 bridgehead atoms. The summed E-state index contributed by atoms with van der Waals surface area (Å²) in [7, 11) is 0. The number of halogens is 3.